The van der Waals surface area contributed by atoms with Crippen LogP contribution in [-0.2, 0) is 4.79 Å². The van der Waals surface area contributed by atoms with E-state index in [1.165, 1.54) is 0 Å². The summed E-state index contributed by atoms with van der Waals surface area (Å²) in [5.41, 5.74) is 12.9. The highest BCUT2D eigenvalue weighted by molar-refractivity contribution is 5.83. The normalized spacial score (nSPS) is 17.1. The summed E-state index contributed by atoms with van der Waals surface area (Å²) in [6.07, 6.45) is 6.53. The van der Waals surface area contributed by atoms with Crippen molar-refractivity contribution in [1.29, 1.82) is 0 Å². The molecule has 5 nitrogen and oxygen atoms in total. The Hall–Kier alpha value is -1.17. The van der Waals surface area contributed by atoms with Gasteiger partial charge in [-0.2, -0.15) is 0 Å². The summed E-state index contributed by atoms with van der Waals surface area (Å²) in [4.78, 5) is 11.7. The molecule has 1 atom stereocenters. The summed E-state index contributed by atoms with van der Waals surface area (Å²) < 4.78 is 0. The number of hydrogen-bond donors (Lipinski definition) is 4. The first-order valence-corrected chi connectivity index (χ1v) is 5.93. The Balaban J connectivity index is 2.41. The average molecular weight is 239 g/mol. The molecular weight excluding hydrogens is 218 g/mol. The number of carbonyl (C=O) groups is 1. The van der Waals surface area contributed by atoms with Gasteiger partial charge in [0, 0.05) is 5.70 Å². The zero-order valence-corrected chi connectivity index (χ0v) is 9.98. The maximum atomic E-state index is 11.7. The van der Waals surface area contributed by atoms with Crippen LogP contribution in [0.4, 0.5) is 0 Å². The van der Waals surface area contributed by atoms with Crippen molar-refractivity contribution in [3.8, 4) is 0 Å². The number of allylic oxidation sites excluding steroid dienone is 3. The zero-order chi connectivity index (χ0) is 12.7. The van der Waals surface area contributed by atoms with Gasteiger partial charge in [0.1, 0.15) is 0 Å². The van der Waals surface area contributed by atoms with E-state index < -0.39 is 6.04 Å². The van der Waals surface area contributed by atoms with Crippen LogP contribution in [-0.4, -0.2) is 30.2 Å². The molecule has 96 valence electrons. The van der Waals surface area contributed by atoms with E-state index in [4.69, 9.17) is 16.6 Å². The Labute approximate surface area is 102 Å². The largest absolute Gasteiger partial charge is 0.392 e. The van der Waals surface area contributed by atoms with E-state index in [1.807, 2.05) is 12.2 Å². The molecule has 0 saturated carbocycles. The van der Waals surface area contributed by atoms with Crippen LogP contribution in [0, 0.1) is 0 Å². The van der Waals surface area contributed by atoms with Gasteiger partial charge in [0.15, 0.2) is 0 Å². The smallest absolute Gasteiger partial charge is 0.241 e. The molecular formula is C12H21N3O2. The third kappa shape index (κ3) is 4.68. The molecule has 0 heterocycles. The second-order valence-corrected chi connectivity index (χ2v) is 4.20. The molecule has 0 aromatic carbocycles. The Kier molecular flexibility index (Phi) is 5.90. The molecule has 1 rings (SSSR count). The minimum atomic E-state index is -0.498. The Morgan fingerprint density at radius 3 is 2.76 bits per heavy atom. The molecule has 6 N–H and O–H groups in total. The molecule has 17 heavy (non-hydrogen) atoms. The van der Waals surface area contributed by atoms with Crippen LogP contribution in [0.25, 0.3) is 0 Å². The van der Waals surface area contributed by atoms with E-state index >= 15 is 0 Å². The minimum absolute atomic E-state index is 0.0771. The highest BCUT2D eigenvalue weighted by Crippen LogP contribution is 2.15. The predicted octanol–water partition coefficient (Wildman–Crippen LogP) is -0.235. The summed E-state index contributed by atoms with van der Waals surface area (Å²) in [6.45, 7) is 0.625. The van der Waals surface area contributed by atoms with Crippen LogP contribution in [0.2, 0.25) is 0 Å². The molecule has 0 saturated heterocycles. The van der Waals surface area contributed by atoms with Gasteiger partial charge >= 0.3 is 0 Å². The lowest BCUT2D eigenvalue weighted by Crippen LogP contribution is -2.40. The van der Waals surface area contributed by atoms with Crippen LogP contribution in [0.3, 0.4) is 0 Å². The van der Waals surface area contributed by atoms with Crippen molar-refractivity contribution in [3.05, 3.63) is 23.4 Å². The number of aliphatic hydroxyl groups is 1. The average Bonchev–Trinajstić information content (AvgIpc) is 2.36. The van der Waals surface area contributed by atoms with Crippen molar-refractivity contribution in [2.75, 3.05) is 13.2 Å². The Bertz CT molecular complexity index is 324. The van der Waals surface area contributed by atoms with Crippen LogP contribution >= 0.6 is 0 Å². The third-order valence-electron chi connectivity index (χ3n) is 2.78. The van der Waals surface area contributed by atoms with Crippen molar-refractivity contribution < 1.29 is 9.90 Å². The zero-order valence-electron chi connectivity index (χ0n) is 9.98. The SMILES string of the molecule is NCCCC(N)C(=O)NC1=CC=C(CO)CC1. The van der Waals surface area contributed by atoms with Crippen molar-refractivity contribution >= 4 is 5.91 Å². The molecule has 0 aliphatic heterocycles. The van der Waals surface area contributed by atoms with E-state index in [9.17, 15) is 4.79 Å². The number of hydrogen-bond acceptors (Lipinski definition) is 4. The highest BCUT2D eigenvalue weighted by atomic mass is 16.3. The van der Waals surface area contributed by atoms with Crippen molar-refractivity contribution in [1.82, 2.24) is 5.32 Å². The van der Waals surface area contributed by atoms with Crippen LogP contribution in [0.1, 0.15) is 25.7 Å². The molecule has 5 heteroatoms. The number of nitrogens with two attached hydrogens (primary N) is 2. The molecule has 0 radical (unpaired) electrons. The van der Waals surface area contributed by atoms with Gasteiger partial charge in [0.05, 0.1) is 12.6 Å². The molecule has 1 aliphatic rings. The number of aliphatic hydroxyl groups excluding tert-OH is 1. The van der Waals surface area contributed by atoms with E-state index in [1.54, 1.807) is 0 Å². The standard InChI is InChI=1S/C12H21N3O2/c13-7-1-2-11(14)12(17)15-10-5-3-9(8-16)4-6-10/h3,5,11,16H,1-2,4,6-8,13-14H2,(H,15,17). The molecule has 1 amide bonds. The van der Waals surface area contributed by atoms with E-state index in [0.717, 1.165) is 30.5 Å². The van der Waals surface area contributed by atoms with E-state index in [0.29, 0.717) is 13.0 Å². The maximum Gasteiger partial charge on any atom is 0.241 e. The highest BCUT2D eigenvalue weighted by Gasteiger charge is 2.15. The van der Waals surface area contributed by atoms with E-state index in [-0.39, 0.29) is 12.5 Å². The van der Waals surface area contributed by atoms with Crippen molar-refractivity contribution in [2.45, 2.75) is 31.7 Å². The van der Waals surface area contributed by atoms with Gasteiger partial charge in [-0.25, -0.2) is 0 Å². The molecule has 0 bridgehead atoms. The van der Waals surface area contributed by atoms with Gasteiger partial charge in [-0.15, -0.1) is 0 Å². The lowest BCUT2D eigenvalue weighted by Gasteiger charge is -2.17. The molecule has 1 aliphatic carbocycles. The number of rotatable bonds is 6. The monoisotopic (exact) mass is 239 g/mol. The number of amides is 1. The minimum Gasteiger partial charge on any atom is -0.392 e. The van der Waals surface area contributed by atoms with Gasteiger partial charge < -0.3 is 21.9 Å². The Morgan fingerprint density at radius 1 is 1.47 bits per heavy atom. The fraction of sp³-hybridized carbons (Fsp3) is 0.583. The summed E-state index contributed by atoms with van der Waals surface area (Å²) >= 11 is 0. The predicted molar refractivity (Wildman–Crippen MR) is 66.9 cm³/mol. The third-order valence-corrected chi connectivity index (χ3v) is 2.78. The van der Waals surface area contributed by atoms with Crippen molar-refractivity contribution in [3.63, 3.8) is 0 Å². The maximum absolute atomic E-state index is 11.7. The fourth-order valence-electron chi connectivity index (χ4n) is 1.64. The molecule has 0 spiro atoms. The Morgan fingerprint density at radius 2 is 2.24 bits per heavy atom. The first kappa shape index (κ1) is 13.9. The van der Waals surface area contributed by atoms with Gasteiger partial charge in [0.25, 0.3) is 0 Å². The first-order chi connectivity index (χ1) is 8.17. The molecule has 0 aromatic heterocycles. The van der Waals surface area contributed by atoms with Crippen LogP contribution in [0.5, 0.6) is 0 Å². The second-order valence-electron chi connectivity index (χ2n) is 4.20. The van der Waals surface area contributed by atoms with Gasteiger partial charge in [-0.1, -0.05) is 6.08 Å². The van der Waals surface area contributed by atoms with Gasteiger partial charge in [0.2, 0.25) is 5.91 Å². The van der Waals surface area contributed by atoms with Gasteiger partial charge in [-0.3, -0.25) is 4.79 Å². The molecule has 1 unspecified atom stereocenters. The summed E-state index contributed by atoms with van der Waals surface area (Å²) in [6, 6.07) is -0.498. The lowest BCUT2D eigenvalue weighted by atomic mass is 10.0. The second kappa shape index (κ2) is 7.21. The van der Waals surface area contributed by atoms with Crippen LogP contribution < -0.4 is 16.8 Å². The summed E-state index contributed by atoms with van der Waals surface area (Å²) in [7, 11) is 0. The quantitative estimate of drug-likeness (QED) is 0.514. The summed E-state index contributed by atoms with van der Waals surface area (Å²) in [5, 5.41) is 11.7. The summed E-state index contributed by atoms with van der Waals surface area (Å²) in [5.74, 6) is -0.162. The molecule has 0 aromatic rings. The number of nitrogens with one attached hydrogen (secondary N) is 1. The lowest BCUT2D eigenvalue weighted by molar-refractivity contribution is -0.121. The van der Waals surface area contributed by atoms with E-state index in [2.05, 4.69) is 5.32 Å². The first-order valence-electron chi connectivity index (χ1n) is 5.93. The topological polar surface area (TPSA) is 101 Å². The molecule has 0 fully saturated rings. The van der Waals surface area contributed by atoms with Crippen LogP contribution in [0.15, 0.2) is 23.4 Å². The number of carbonyl (C=O) groups excluding carboxylic acids is 1. The van der Waals surface area contributed by atoms with Gasteiger partial charge in [-0.05, 0) is 43.9 Å². The van der Waals surface area contributed by atoms with Crippen molar-refractivity contribution in [2.24, 2.45) is 11.5 Å². The fourth-order valence-corrected chi connectivity index (χ4v) is 1.64.